The summed E-state index contributed by atoms with van der Waals surface area (Å²) in [5, 5.41) is 18.5. The van der Waals surface area contributed by atoms with Crippen LogP contribution in [0.1, 0.15) is 6.23 Å². The monoisotopic (exact) mass is 346 g/mol. The second-order valence-electron chi connectivity index (χ2n) is 4.44. The molecule has 1 aliphatic heterocycles. The summed E-state index contributed by atoms with van der Waals surface area (Å²) >= 11 is 9.55. The van der Waals surface area contributed by atoms with Crippen LogP contribution in [0.4, 0.5) is 17.6 Å². The van der Waals surface area contributed by atoms with E-state index in [-0.39, 0.29) is 9.41 Å². The van der Waals surface area contributed by atoms with Crippen LogP contribution in [0.15, 0.2) is 12.3 Å². The number of hydrogen-bond acceptors (Lipinski definition) is 5. The van der Waals surface area contributed by atoms with Crippen molar-refractivity contribution >= 4 is 24.4 Å². The van der Waals surface area contributed by atoms with Crippen molar-refractivity contribution in [3.63, 3.8) is 0 Å². The molecule has 0 spiro atoms. The predicted molar refractivity (Wildman–Crippen MR) is 67.3 cm³/mol. The minimum absolute atomic E-state index is 0.143. The molecule has 2 rings (SSSR count). The lowest BCUT2D eigenvalue weighted by Crippen LogP contribution is -2.54. The Labute approximate surface area is 125 Å². The minimum Gasteiger partial charge on any atom is -0.394 e. The van der Waals surface area contributed by atoms with Crippen LogP contribution in [0.2, 0.25) is 0 Å². The van der Waals surface area contributed by atoms with Crippen molar-refractivity contribution in [3.05, 3.63) is 21.7 Å². The molecule has 0 saturated carbocycles. The van der Waals surface area contributed by atoms with Gasteiger partial charge in [-0.2, -0.15) is 13.2 Å². The van der Waals surface area contributed by atoms with Crippen LogP contribution in [0.25, 0.3) is 0 Å². The van der Waals surface area contributed by atoms with Crippen LogP contribution in [0.5, 0.6) is 0 Å². The van der Waals surface area contributed by atoms with Gasteiger partial charge in [-0.1, -0.05) is 12.2 Å². The van der Waals surface area contributed by atoms with Gasteiger partial charge < -0.3 is 19.9 Å². The highest BCUT2D eigenvalue weighted by molar-refractivity contribution is 7.72. The largest absolute Gasteiger partial charge is 0.429 e. The number of alkyl halides is 4. The summed E-state index contributed by atoms with van der Waals surface area (Å²) in [5.74, 6) is 0. The van der Waals surface area contributed by atoms with Crippen molar-refractivity contribution in [1.82, 2.24) is 9.55 Å². The minimum atomic E-state index is -5.43. The summed E-state index contributed by atoms with van der Waals surface area (Å²) in [6.45, 7) is -0.977. The first-order valence-electron chi connectivity index (χ1n) is 5.64. The van der Waals surface area contributed by atoms with Crippen LogP contribution >= 0.6 is 24.4 Å². The fourth-order valence-corrected chi connectivity index (χ4v) is 2.57. The summed E-state index contributed by atoms with van der Waals surface area (Å²) in [6, 6.07) is 1.20. The van der Waals surface area contributed by atoms with E-state index in [2.05, 4.69) is 4.98 Å². The maximum absolute atomic E-state index is 14.6. The number of ether oxygens (including phenoxy) is 1. The number of aliphatic hydroxyl groups excluding tert-OH is 2. The average Bonchev–Trinajstić information content (AvgIpc) is 2.63. The SMILES string of the molecule is OCC1OC(n2ccc(=S)[nH]c2=S)C(F)(C(F)(F)F)C1O. The molecule has 1 saturated heterocycles. The second-order valence-corrected chi connectivity index (χ2v) is 5.26. The van der Waals surface area contributed by atoms with Gasteiger partial charge in [0, 0.05) is 6.20 Å². The molecule has 0 radical (unpaired) electrons. The highest BCUT2D eigenvalue weighted by atomic mass is 32.1. The third-order valence-electron chi connectivity index (χ3n) is 3.16. The predicted octanol–water partition coefficient (Wildman–Crippen LogP) is 1.80. The zero-order chi connectivity index (χ0) is 16.0. The van der Waals surface area contributed by atoms with E-state index < -0.39 is 36.9 Å². The van der Waals surface area contributed by atoms with Crippen LogP contribution in [-0.2, 0) is 4.74 Å². The van der Waals surface area contributed by atoms with Gasteiger partial charge in [-0.15, -0.1) is 0 Å². The maximum Gasteiger partial charge on any atom is 0.429 e. The molecular formula is C10H10F4N2O3S2. The summed E-state index contributed by atoms with van der Waals surface area (Å²) < 4.78 is 59.1. The molecule has 1 aliphatic rings. The summed E-state index contributed by atoms with van der Waals surface area (Å²) in [5.41, 5.74) is -4.12. The van der Waals surface area contributed by atoms with E-state index in [0.717, 1.165) is 6.20 Å². The Balaban J connectivity index is 2.60. The van der Waals surface area contributed by atoms with E-state index in [1.807, 2.05) is 0 Å². The zero-order valence-corrected chi connectivity index (χ0v) is 11.8. The van der Waals surface area contributed by atoms with Crippen molar-refractivity contribution in [2.75, 3.05) is 6.61 Å². The van der Waals surface area contributed by atoms with Gasteiger partial charge in [-0.25, -0.2) is 4.39 Å². The van der Waals surface area contributed by atoms with E-state index in [4.69, 9.17) is 34.3 Å². The molecule has 1 fully saturated rings. The second kappa shape index (κ2) is 5.39. The van der Waals surface area contributed by atoms with Crippen LogP contribution in [0, 0.1) is 9.41 Å². The number of H-pyrrole nitrogens is 1. The molecule has 0 aliphatic carbocycles. The molecule has 21 heavy (non-hydrogen) atoms. The van der Waals surface area contributed by atoms with Crippen molar-refractivity contribution < 1.29 is 32.5 Å². The summed E-state index contributed by atoms with van der Waals surface area (Å²) in [6.07, 6.45) is -11.0. The number of nitrogens with zero attached hydrogens (tertiary/aromatic N) is 1. The lowest BCUT2D eigenvalue weighted by molar-refractivity contribution is -0.273. The van der Waals surface area contributed by atoms with Crippen molar-refractivity contribution in [1.29, 1.82) is 0 Å². The standard InChI is InChI=1S/C10H10F4N2O3S2/c11-9(10(12,13)14)6(18)4(3-17)19-7(9)16-2-1-5(20)15-8(16)21/h1-2,4,6-7,17-18H,3H2,(H,15,20,21). The number of nitrogens with one attached hydrogen (secondary N) is 1. The number of aliphatic hydroxyl groups is 2. The van der Waals surface area contributed by atoms with Gasteiger partial charge in [-0.3, -0.25) is 4.57 Å². The molecule has 0 aromatic carbocycles. The fraction of sp³-hybridized carbons (Fsp3) is 0.600. The number of aromatic nitrogens is 2. The Morgan fingerprint density at radius 2 is 2.05 bits per heavy atom. The topological polar surface area (TPSA) is 70.4 Å². The lowest BCUT2D eigenvalue weighted by Gasteiger charge is -2.31. The molecule has 0 amide bonds. The Kier molecular flexibility index (Phi) is 4.23. The first-order chi connectivity index (χ1) is 9.62. The van der Waals surface area contributed by atoms with Crippen LogP contribution < -0.4 is 0 Å². The summed E-state index contributed by atoms with van der Waals surface area (Å²) in [7, 11) is 0. The van der Waals surface area contributed by atoms with E-state index >= 15 is 0 Å². The van der Waals surface area contributed by atoms with E-state index in [0.29, 0.717) is 4.57 Å². The third kappa shape index (κ3) is 2.52. The van der Waals surface area contributed by atoms with Crippen molar-refractivity contribution in [3.8, 4) is 0 Å². The smallest absolute Gasteiger partial charge is 0.394 e. The van der Waals surface area contributed by atoms with E-state index in [9.17, 15) is 22.7 Å². The number of halogens is 4. The quantitative estimate of drug-likeness (QED) is 0.563. The highest BCUT2D eigenvalue weighted by Crippen LogP contribution is 2.51. The molecule has 2 heterocycles. The highest BCUT2D eigenvalue weighted by Gasteiger charge is 2.72. The number of rotatable bonds is 2. The lowest BCUT2D eigenvalue weighted by atomic mass is 9.95. The van der Waals surface area contributed by atoms with Gasteiger partial charge in [-0.05, 0) is 18.3 Å². The first kappa shape index (κ1) is 16.5. The molecule has 4 unspecified atom stereocenters. The molecule has 11 heteroatoms. The van der Waals surface area contributed by atoms with Gasteiger partial charge in [0.2, 0.25) is 0 Å². The maximum atomic E-state index is 14.6. The molecule has 3 N–H and O–H groups in total. The van der Waals surface area contributed by atoms with E-state index in [1.165, 1.54) is 6.07 Å². The fourth-order valence-electron chi connectivity index (χ4n) is 2.09. The Bertz CT molecular complexity index is 646. The molecule has 1 aromatic heterocycles. The zero-order valence-electron chi connectivity index (χ0n) is 10.2. The Morgan fingerprint density at radius 3 is 2.52 bits per heavy atom. The van der Waals surface area contributed by atoms with Gasteiger partial charge >= 0.3 is 6.18 Å². The molecule has 4 atom stereocenters. The summed E-state index contributed by atoms with van der Waals surface area (Å²) in [4.78, 5) is 2.39. The molecule has 118 valence electrons. The normalized spacial score (nSPS) is 33.3. The molecule has 0 bridgehead atoms. The van der Waals surface area contributed by atoms with E-state index in [1.54, 1.807) is 0 Å². The van der Waals surface area contributed by atoms with Crippen LogP contribution in [0.3, 0.4) is 0 Å². The van der Waals surface area contributed by atoms with Crippen LogP contribution in [-0.4, -0.2) is 50.4 Å². The average molecular weight is 346 g/mol. The molecule has 5 nitrogen and oxygen atoms in total. The first-order valence-corrected chi connectivity index (χ1v) is 6.46. The van der Waals surface area contributed by atoms with Crippen molar-refractivity contribution in [2.45, 2.75) is 30.3 Å². The van der Waals surface area contributed by atoms with Gasteiger partial charge in [0.25, 0.3) is 5.67 Å². The number of aromatic amines is 1. The van der Waals surface area contributed by atoms with Gasteiger partial charge in [0.1, 0.15) is 16.8 Å². The third-order valence-corrected chi connectivity index (χ3v) is 3.71. The Hall–Kier alpha value is -0.880. The molecule has 1 aromatic rings. The number of hydrogen-bond donors (Lipinski definition) is 3. The molecular weight excluding hydrogens is 336 g/mol. The van der Waals surface area contributed by atoms with Crippen molar-refractivity contribution in [2.24, 2.45) is 0 Å². The Morgan fingerprint density at radius 1 is 1.43 bits per heavy atom. The van der Waals surface area contributed by atoms with Gasteiger partial charge in [0.15, 0.2) is 11.0 Å². The van der Waals surface area contributed by atoms with Gasteiger partial charge in [0.05, 0.1) is 6.61 Å².